The molecule has 4 rings (SSSR count). The Morgan fingerprint density at radius 2 is 1.81 bits per heavy atom. The molecule has 1 aromatic carbocycles. The molecule has 1 saturated heterocycles. The van der Waals surface area contributed by atoms with E-state index in [0.29, 0.717) is 42.6 Å². The number of carbonyl (C=O) groups excluding carboxylic acids is 1. The van der Waals surface area contributed by atoms with Crippen molar-refractivity contribution in [3.05, 3.63) is 54.1 Å². The van der Waals surface area contributed by atoms with E-state index >= 15 is 0 Å². The number of amides is 1. The summed E-state index contributed by atoms with van der Waals surface area (Å²) < 4.78 is 14.0. The standard InChI is InChI=1S/C20H21FN2O3/c21-17-9-22-5-4-16(17)12-2-1-3-13(6-12)20(26)23-10-14-7-18(24)19(25)8-15(14)11-23/h1-6,9,14-15,18-19,24-25H,7-8,10-11H2/t14-,15+,18+,19-. The minimum Gasteiger partial charge on any atom is -0.390 e. The van der Waals surface area contributed by atoms with Crippen molar-refractivity contribution in [2.75, 3.05) is 13.1 Å². The van der Waals surface area contributed by atoms with Crippen LogP contribution in [0.15, 0.2) is 42.7 Å². The van der Waals surface area contributed by atoms with Crippen molar-refractivity contribution >= 4 is 5.91 Å². The molecule has 2 fully saturated rings. The van der Waals surface area contributed by atoms with Crippen LogP contribution in [-0.2, 0) is 0 Å². The Bertz CT molecular complexity index is 810. The SMILES string of the molecule is O=C(c1cccc(-c2ccncc2F)c1)N1C[C@H]2C[C@H](O)[C@H](O)C[C@H]2C1. The number of aliphatic hydroxyl groups excluding tert-OH is 2. The first-order chi connectivity index (χ1) is 12.5. The van der Waals surface area contributed by atoms with Gasteiger partial charge in [0.1, 0.15) is 5.82 Å². The number of carbonyl (C=O) groups is 1. The van der Waals surface area contributed by atoms with Gasteiger partial charge in [0.05, 0.1) is 18.4 Å². The van der Waals surface area contributed by atoms with Gasteiger partial charge in [-0.2, -0.15) is 0 Å². The molecule has 0 unspecified atom stereocenters. The van der Waals surface area contributed by atoms with Crippen LogP contribution in [0.5, 0.6) is 0 Å². The first-order valence-corrected chi connectivity index (χ1v) is 8.88. The summed E-state index contributed by atoms with van der Waals surface area (Å²) in [4.78, 5) is 18.5. The average molecular weight is 356 g/mol. The van der Waals surface area contributed by atoms with Crippen molar-refractivity contribution < 1.29 is 19.4 Å². The summed E-state index contributed by atoms with van der Waals surface area (Å²) in [6.07, 6.45) is 2.32. The van der Waals surface area contributed by atoms with E-state index in [4.69, 9.17) is 0 Å². The third-order valence-electron chi connectivity index (χ3n) is 5.59. The van der Waals surface area contributed by atoms with Crippen molar-refractivity contribution in [3.8, 4) is 11.1 Å². The molecule has 1 aromatic heterocycles. The van der Waals surface area contributed by atoms with Gasteiger partial charge in [-0.3, -0.25) is 9.78 Å². The lowest BCUT2D eigenvalue weighted by atomic mass is 9.79. The summed E-state index contributed by atoms with van der Waals surface area (Å²) in [6.45, 7) is 1.17. The number of pyridine rings is 1. The fourth-order valence-electron chi connectivity index (χ4n) is 4.18. The van der Waals surface area contributed by atoms with Crippen molar-refractivity contribution in [2.45, 2.75) is 25.0 Å². The number of hydrogen-bond donors (Lipinski definition) is 2. The first kappa shape index (κ1) is 17.1. The van der Waals surface area contributed by atoms with E-state index in [1.54, 1.807) is 35.2 Å². The topological polar surface area (TPSA) is 73.7 Å². The number of halogens is 1. The van der Waals surface area contributed by atoms with Crippen LogP contribution in [0.25, 0.3) is 11.1 Å². The highest BCUT2D eigenvalue weighted by Crippen LogP contribution is 2.37. The van der Waals surface area contributed by atoms with Crippen LogP contribution < -0.4 is 0 Å². The van der Waals surface area contributed by atoms with E-state index < -0.39 is 18.0 Å². The molecule has 26 heavy (non-hydrogen) atoms. The van der Waals surface area contributed by atoms with E-state index in [9.17, 15) is 19.4 Å². The highest BCUT2D eigenvalue weighted by Gasteiger charge is 2.42. The summed E-state index contributed by atoms with van der Waals surface area (Å²) in [7, 11) is 0. The second-order valence-electron chi connectivity index (χ2n) is 7.27. The molecule has 2 heterocycles. The number of fused-ring (bicyclic) bond motifs is 1. The number of likely N-dealkylation sites (tertiary alicyclic amines) is 1. The van der Waals surface area contributed by atoms with Gasteiger partial charge >= 0.3 is 0 Å². The molecule has 0 bridgehead atoms. The van der Waals surface area contributed by atoms with Gasteiger partial charge in [-0.15, -0.1) is 0 Å². The fraction of sp³-hybridized carbons (Fsp3) is 0.400. The number of nitrogens with zero attached hydrogens (tertiary/aromatic N) is 2. The lowest BCUT2D eigenvalue weighted by Crippen LogP contribution is -2.38. The van der Waals surface area contributed by atoms with E-state index in [-0.39, 0.29) is 17.7 Å². The number of hydrogen-bond acceptors (Lipinski definition) is 4. The second-order valence-corrected chi connectivity index (χ2v) is 7.27. The maximum atomic E-state index is 14.0. The third-order valence-corrected chi connectivity index (χ3v) is 5.59. The Morgan fingerprint density at radius 1 is 1.12 bits per heavy atom. The van der Waals surface area contributed by atoms with Crippen LogP contribution in [0.3, 0.4) is 0 Å². The zero-order chi connectivity index (χ0) is 18.3. The molecular formula is C20H21FN2O3. The van der Waals surface area contributed by atoms with E-state index in [0.717, 1.165) is 6.20 Å². The van der Waals surface area contributed by atoms with Gasteiger partial charge in [-0.1, -0.05) is 12.1 Å². The average Bonchev–Trinajstić information content (AvgIpc) is 3.04. The second kappa shape index (κ2) is 6.78. The van der Waals surface area contributed by atoms with Crippen molar-refractivity contribution in [3.63, 3.8) is 0 Å². The first-order valence-electron chi connectivity index (χ1n) is 8.88. The molecule has 136 valence electrons. The maximum Gasteiger partial charge on any atom is 0.253 e. The number of rotatable bonds is 2. The van der Waals surface area contributed by atoms with Crippen LogP contribution >= 0.6 is 0 Å². The minimum atomic E-state index is -0.704. The molecule has 0 spiro atoms. The Labute approximate surface area is 151 Å². The predicted octanol–water partition coefficient (Wildman–Crippen LogP) is 2.09. The largest absolute Gasteiger partial charge is 0.390 e. The molecule has 2 N–H and O–H groups in total. The van der Waals surface area contributed by atoms with Gasteiger partial charge < -0.3 is 15.1 Å². The lowest BCUT2D eigenvalue weighted by Gasteiger charge is -2.31. The van der Waals surface area contributed by atoms with Crippen molar-refractivity contribution in [1.82, 2.24) is 9.88 Å². The third kappa shape index (κ3) is 3.10. The maximum absolute atomic E-state index is 14.0. The molecule has 2 aliphatic rings. The highest BCUT2D eigenvalue weighted by molar-refractivity contribution is 5.95. The van der Waals surface area contributed by atoms with Gasteiger partial charge in [0.15, 0.2) is 0 Å². The van der Waals surface area contributed by atoms with E-state index in [1.165, 1.54) is 6.20 Å². The number of aliphatic hydroxyl groups is 2. The van der Waals surface area contributed by atoms with Crippen LogP contribution in [0.4, 0.5) is 4.39 Å². The van der Waals surface area contributed by atoms with Crippen LogP contribution in [0.1, 0.15) is 23.2 Å². The van der Waals surface area contributed by atoms with Crippen LogP contribution in [0, 0.1) is 17.7 Å². The van der Waals surface area contributed by atoms with Crippen LogP contribution in [-0.4, -0.2) is 51.3 Å². The fourth-order valence-corrected chi connectivity index (χ4v) is 4.18. The molecule has 4 atom stereocenters. The van der Waals surface area contributed by atoms with E-state index in [2.05, 4.69) is 4.98 Å². The lowest BCUT2D eigenvalue weighted by molar-refractivity contribution is -0.0372. The zero-order valence-electron chi connectivity index (χ0n) is 14.3. The van der Waals surface area contributed by atoms with Gasteiger partial charge in [-0.05, 0) is 48.4 Å². The zero-order valence-corrected chi connectivity index (χ0v) is 14.3. The van der Waals surface area contributed by atoms with Crippen molar-refractivity contribution in [1.29, 1.82) is 0 Å². The monoisotopic (exact) mass is 356 g/mol. The molecule has 1 amide bonds. The Morgan fingerprint density at radius 3 is 2.46 bits per heavy atom. The van der Waals surface area contributed by atoms with Gasteiger partial charge in [0.2, 0.25) is 0 Å². The highest BCUT2D eigenvalue weighted by atomic mass is 19.1. The molecule has 1 saturated carbocycles. The van der Waals surface area contributed by atoms with Gasteiger partial charge in [-0.25, -0.2) is 4.39 Å². The summed E-state index contributed by atoms with van der Waals surface area (Å²) in [5.41, 5.74) is 1.56. The predicted molar refractivity (Wildman–Crippen MR) is 93.8 cm³/mol. The smallest absolute Gasteiger partial charge is 0.253 e. The molecule has 0 radical (unpaired) electrons. The molecule has 6 heteroatoms. The number of benzene rings is 1. The molecule has 5 nitrogen and oxygen atoms in total. The van der Waals surface area contributed by atoms with Crippen molar-refractivity contribution in [2.24, 2.45) is 11.8 Å². The minimum absolute atomic E-state index is 0.0975. The normalized spacial score (nSPS) is 28.0. The summed E-state index contributed by atoms with van der Waals surface area (Å²) in [5.74, 6) is -0.0803. The van der Waals surface area contributed by atoms with Gasteiger partial charge in [0.25, 0.3) is 5.91 Å². The van der Waals surface area contributed by atoms with Crippen LogP contribution in [0.2, 0.25) is 0 Å². The molecular weight excluding hydrogens is 335 g/mol. The number of aromatic nitrogens is 1. The summed E-state index contributed by atoms with van der Waals surface area (Å²) in [6, 6.07) is 8.54. The Hall–Kier alpha value is -2.31. The Balaban J connectivity index is 1.54. The molecule has 1 aliphatic carbocycles. The summed E-state index contributed by atoms with van der Waals surface area (Å²) in [5, 5.41) is 19.7. The Kier molecular flexibility index (Phi) is 4.46. The van der Waals surface area contributed by atoms with Gasteiger partial charge in [0, 0.05) is 30.4 Å². The summed E-state index contributed by atoms with van der Waals surface area (Å²) >= 11 is 0. The quantitative estimate of drug-likeness (QED) is 0.864. The molecule has 1 aliphatic heterocycles. The molecule has 2 aromatic rings. The van der Waals surface area contributed by atoms with E-state index in [1.807, 2.05) is 0 Å².